The van der Waals surface area contributed by atoms with Crippen molar-refractivity contribution in [1.82, 2.24) is 9.97 Å². The first-order valence-corrected chi connectivity index (χ1v) is 13.2. The van der Waals surface area contributed by atoms with E-state index >= 15 is 0 Å². The first-order valence-electron chi connectivity index (χ1n) is 10.5. The van der Waals surface area contributed by atoms with Crippen LogP contribution in [0.1, 0.15) is 17.0 Å². The molecule has 170 valence electrons. The van der Waals surface area contributed by atoms with E-state index in [1.807, 2.05) is 24.5 Å². The summed E-state index contributed by atoms with van der Waals surface area (Å²) in [4.78, 5) is 11.5. The van der Waals surface area contributed by atoms with Gasteiger partial charge in [0.25, 0.3) is 0 Å². The van der Waals surface area contributed by atoms with Crippen LogP contribution in [-0.4, -0.2) is 53.0 Å². The standard InChI is InChI=1S/C24H25N5O2S2/c1-32-29(33(2)30)23-8-5-19(16-20(23)17-25)22-9-10-26-24(27-22)15-18-3-6-21(7-4-18)28-11-13-31-14-12-28/h3-10,16H,11-15H2,1-2H3. The van der Waals surface area contributed by atoms with Crippen molar-refractivity contribution in [3.63, 3.8) is 0 Å². The number of rotatable bonds is 7. The maximum absolute atomic E-state index is 12.0. The second-order valence-electron chi connectivity index (χ2n) is 7.51. The van der Waals surface area contributed by atoms with E-state index in [-0.39, 0.29) is 0 Å². The van der Waals surface area contributed by atoms with Gasteiger partial charge in [0.15, 0.2) is 0 Å². The smallest absolute Gasteiger partial charge is 0.133 e. The van der Waals surface area contributed by atoms with Gasteiger partial charge in [0.1, 0.15) is 22.9 Å². The molecule has 0 spiro atoms. The molecule has 2 heterocycles. The second kappa shape index (κ2) is 10.8. The Morgan fingerprint density at radius 1 is 1.18 bits per heavy atom. The van der Waals surface area contributed by atoms with Gasteiger partial charge in [0.2, 0.25) is 0 Å². The molecule has 1 fully saturated rings. The van der Waals surface area contributed by atoms with Gasteiger partial charge < -0.3 is 9.64 Å². The number of hydrogen-bond donors (Lipinski definition) is 0. The van der Waals surface area contributed by atoms with Crippen molar-refractivity contribution in [2.45, 2.75) is 6.42 Å². The van der Waals surface area contributed by atoms with Crippen LogP contribution in [0, 0.1) is 11.3 Å². The predicted molar refractivity (Wildman–Crippen MR) is 135 cm³/mol. The minimum Gasteiger partial charge on any atom is -0.378 e. The third-order valence-electron chi connectivity index (χ3n) is 5.39. The summed E-state index contributed by atoms with van der Waals surface area (Å²) in [6, 6.07) is 18.1. The first-order chi connectivity index (χ1) is 16.1. The predicted octanol–water partition coefficient (Wildman–Crippen LogP) is 3.82. The van der Waals surface area contributed by atoms with Gasteiger partial charge in [-0.05, 0) is 47.8 Å². The molecule has 0 radical (unpaired) electrons. The average Bonchev–Trinajstić information content (AvgIpc) is 2.85. The van der Waals surface area contributed by atoms with Gasteiger partial charge in [-0.25, -0.2) is 17.9 Å². The lowest BCUT2D eigenvalue weighted by Crippen LogP contribution is -2.36. The quantitative estimate of drug-likeness (QED) is 0.477. The van der Waals surface area contributed by atoms with Crippen LogP contribution in [0.2, 0.25) is 0 Å². The van der Waals surface area contributed by atoms with Crippen LogP contribution in [0.4, 0.5) is 11.4 Å². The van der Waals surface area contributed by atoms with Gasteiger partial charge in [0.05, 0.1) is 30.2 Å². The molecule has 1 atom stereocenters. The lowest BCUT2D eigenvalue weighted by atomic mass is 10.1. The van der Waals surface area contributed by atoms with E-state index < -0.39 is 11.0 Å². The number of nitriles is 1. The SMILES string of the molecule is CSN(c1ccc(-c2ccnc(Cc3ccc(N4CCOCC4)cc3)n2)cc1C#N)S(C)=O. The van der Waals surface area contributed by atoms with Gasteiger partial charge in [-0.15, -0.1) is 0 Å². The highest BCUT2D eigenvalue weighted by atomic mass is 32.2. The Hall–Kier alpha value is -2.93. The summed E-state index contributed by atoms with van der Waals surface area (Å²) in [5.41, 5.74) is 5.00. The molecule has 3 aromatic rings. The number of aromatic nitrogens is 2. The zero-order valence-electron chi connectivity index (χ0n) is 18.6. The Morgan fingerprint density at radius 2 is 1.94 bits per heavy atom. The lowest BCUT2D eigenvalue weighted by Gasteiger charge is -2.28. The first kappa shape index (κ1) is 23.2. The van der Waals surface area contributed by atoms with Gasteiger partial charge in [-0.1, -0.05) is 18.2 Å². The highest BCUT2D eigenvalue weighted by Crippen LogP contribution is 2.30. The fourth-order valence-corrected chi connectivity index (χ4v) is 5.39. The Labute approximate surface area is 201 Å². The molecule has 9 heteroatoms. The Kier molecular flexibility index (Phi) is 7.60. The third kappa shape index (κ3) is 5.53. The number of nitrogens with zero attached hydrogens (tertiary/aromatic N) is 5. The topological polar surface area (TPSA) is 82.3 Å². The Balaban J connectivity index is 1.53. The second-order valence-corrected chi connectivity index (χ2v) is 9.68. The molecular weight excluding hydrogens is 454 g/mol. The van der Waals surface area contributed by atoms with Gasteiger partial charge >= 0.3 is 0 Å². The van der Waals surface area contributed by atoms with E-state index in [0.29, 0.717) is 17.7 Å². The maximum Gasteiger partial charge on any atom is 0.133 e. The third-order valence-corrected chi connectivity index (χ3v) is 7.66. The molecule has 0 saturated carbocycles. The monoisotopic (exact) mass is 479 g/mol. The van der Waals surface area contributed by atoms with Crippen LogP contribution >= 0.6 is 11.9 Å². The highest BCUT2D eigenvalue weighted by Gasteiger charge is 2.16. The number of morpholine rings is 1. The highest BCUT2D eigenvalue weighted by molar-refractivity contribution is 8.11. The fourth-order valence-electron chi connectivity index (χ4n) is 3.76. The van der Waals surface area contributed by atoms with E-state index in [4.69, 9.17) is 9.72 Å². The van der Waals surface area contributed by atoms with Crippen LogP contribution in [-0.2, 0) is 22.1 Å². The van der Waals surface area contributed by atoms with E-state index in [2.05, 4.69) is 40.2 Å². The molecular formula is C24H25N5O2S2. The van der Waals surface area contributed by atoms with E-state index in [0.717, 1.165) is 48.9 Å². The number of ether oxygens (including phenoxy) is 1. The van der Waals surface area contributed by atoms with Crippen molar-refractivity contribution >= 4 is 34.3 Å². The molecule has 0 aliphatic carbocycles. The molecule has 1 aliphatic heterocycles. The lowest BCUT2D eigenvalue weighted by molar-refractivity contribution is 0.122. The summed E-state index contributed by atoms with van der Waals surface area (Å²) in [7, 11) is -1.24. The fraction of sp³-hybridized carbons (Fsp3) is 0.292. The molecule has 0 bridgehead atoms. The number of benzene rings is 2. The Bertz CT molecular complexity index is 1170. The van der Waals surface area contributed by atoms with E-state index in [1.54, 1.807) is 22.2 Å². The minimum absolute atomic E-state index is 0.455. The molecule has 33 heavy (non-hydrogen) atoms. The van der Waals surface area contributed by atoms with Crippen LogP contribution < -0.4 is 8.61 Å². The maximum atomic E-state index is 12.0. The van der Waals surface area contributed by atoms with Crippen molar-refractivity contribution in [3.05, 3.63) is 71.7 Å². The average molecular weight is 480 g/mol. The summed E-state index contributed by atoms with van der Waals surface area (Å²) >= 11 is 1.32. The largest absolute Gasteiger partial charge is 0.378 e. The van der Waals surface area contributed by atoms with Crippen LogP contribution in [0.25, 0.3) is 11.3 Å². The van der Waals surface area contributed by atoms with Crippen LogP contribution in [0.3, 0.4) is 0 Å². The zero-order valence-corrected chi connectivity index (χ0v) is 20.2. The number of hydrogen-bond acceptors (Lipinski definition) is 7. The Morgan fingerprint density at radius 3 is 2.61 bits per heavy atom. The normalized spacial score (nSPS) is 14.5. The van der Waals surface area contributed by atoms with Gasteiger partial charge in [0, 0.05) is 49.5 Å². The van der Waals surface area contributed by atoms with Crippen LogP contribution in [0.5, 0.6) is 0 Å². The molecule has 2 aromatic carbocycles. The molecule has 4 rings (SSSR count). The van der Waals surface area contributed by atoms with Crippen LogP contribution in [0.15, 0.2) is 54.7 Å². The van der Waals surface area contributed by atoms with E-state index in [1.165, 1.54) is 17.6 Å². The van der Waals surface area contributed by atoms with Crippen molar-refractivity contribution < 1.29 is 8.95 Å². The summed E-state index contributed by atoms with van der Waals surface area (Å²) in [6.07, 6.45) is 5.79. The zero-order chi connectivity index (χ0) is 23.2. The van der Waals surface area contributed by atoms with Gasteiger partial charge in [-0.2, -0.15) is 5.26 Å². The molecule has 1 aromatic heterocycles. The summed E-state index contributed by atoms with van der Waals surface area (Å²) in [6.45, 7) is 3.36. The number of anilines is 2. The molecule has 1 saturated heterocycles. The van der Waals surface area contributed by atoms with Crippen molar-refractivity contribution in [1.29, 1.82) is 5.26 Å². The van der Waals surface area contributed by atoms with Gasteiger partial charge in [-0.3, -0.25) is 0 Å². The van der Waals surface area contributed by atoms with E-state index in [9.17, 15) is 9.47 Å². The summed E-state index contributed by atoms with van der Waals surface area (Å²) in [5.74, 6) is 0.717. The minimum atomic E-state index is -1.24. The van der Waals surface area contributed by atoms with Crippen molar-refractivity contribution in [2.75, 3.05) is 47.4 Å². The molecule has 1 aliphatic rings. The molecule has 7 nitrogen and oxygen atoms in total. The molecule has 1 unspecified atom stereocenters. The molecule has 0 amide bonds. The molecule has 0 N–H and O–H groups in total. The van der Waals surface area contributed by atoms with Crippen molar-refractivity contribution in [2.24, 2.45) is 0 Å². The van der Waals surface area contributed by atoms with Crippen molar-refractivity contribution in [3.8, 4) is 17.3 Å². The summed E-state index contributed by atoms with van der Waals surface area (Å²) in [5, 5.41) is 9.65. The summed E-state index contributed by atoms with van der Waals surface area (Å²) < 4.78 is 19.1.